The van der Waals surface area contributed by atoms with Crippen molar-refractivity contribution in [1.29, 1.82) is 0 Å². The summed E-state index contributed by atoms with van der Waals surface area (Å²) in [4.78, 5) is 2.49. The molecule has 26 heavy (non-hydrogen) atoms. The van der Waals surface area contributed by atoms with Crippen LogP contribution in [0.1, 0.15) is 5.56 Å². The Hall–Kier alpha value is -2.25. The summed E-state index contributed by atoms with van der Waals surface area (Å²) in [6.07, 6.45) is 0. The summed E-state index contributed by atoms with van der Waals surface area (Å²) >= 11 is 0. The second kappa shape index (κ2) is 7.55. The number of hydrogen-bond donors (Lipinski definition) is 0. The number of ether oxygens (including phenoxy) is 2. The molecule has 2 aromatic carbocycles. The molecule has 0 atom stereocenters. The first-order valence-electron chi connectivity index (χ1n) is 8.49. The molecule has 0 unspecified atom stereocenters. The molecule has 0 radical (unpaired) electrons. The fraction of sp³-hybridized carbons (Fsp3) is 0.368. The van der Waals surface area contributed by atoms with Gasteiger partial charge >= 0.3 is 0 Å². The van der Waals surface area contributed by atoms with Crippen molar-refractivity contribution >= 4 is 15.7 Å². The Balaban J connectivity index is 1.75. The molecule has 0 amide bonds. The van der Waals surface area contributed by atoms with Crippen LogP contribution in [0.15, 0.2) is 47.4 Å². The molecule has 0 N–H and O–H groups in total. The van der Waals surface area contributed by atoms with E-state index < -0.39 is 10.0 Å². The average molecular weight is 376 g/mol. The molecule has 1 fully saturated rings. The molecule has 1 heterocycles. The van der Waals surface area contributed by atoms with E-state index in [0.29, 0.717) is 31.1 Å². The zero-order chi connectivity index (χ0) is 18.7. The highest BCUT2D eigenvalue weighted by Crippen LogP contribution is 2.33. The molecule has 6 nitrogen and oxygen atoms in total. The van der Waals surface area contributed by atoms with Gasteiger partial charge in [-0.3, -0.25) is 0 Å². The van der Waals surface area contributed by atoms with Crippen molar-refractivity contribution in [3.05, 3.63) is 48.0 Å². The SMILES string of the molecule is COc1ccc(N2CCN(S(=O)(=O)c3cccc(C)c3)CC2)c(OC)c1. The van der Waals surface area contributed by atoms with Crippen LogP contribution in [0.4, 0.5) is 5.69 Å². The van der Waals surface area contributed by atoms with E-state index in [0.717, 1.165) is 22.7 Å². The predicted octanol–water partition coefficient (Wildman–Crippen LogP) is 2.52. The Morgan fingerprint density at radius 1 is 0.923 bits per heavy atom. The lowest BCUT2D eigenvalue weighted by atomic mass is 10.2. The topological polar surface area (TPSA) is 59.1 Å². The smallest absolute Gasteiger partial charge is 0.243 e. The van der Waals surface area contributed by atoms with Crippen LogP contribution in [0.25, 0.3) is 0 Å². The lowest BCUT2D eigenvalue weighted by Gasteiger charge is -2.36. The van der Waals surface area contributed by atoms with Gasteiger partial charge in [-0.05, 0) is 36.8 Å². The Morgan fingerprint density at radius 2 is 1.65 bits per heavy atom. The highest BCUT2D eigenvalue weighted by atomic mass is 32.2. The number of methoxy groups -OCH3 is 2. The predicted molar refractivity (Wildman–Crippen MR) is 102 cm³/mol. The van der Waals surface area contributed by atoms with Crippen molar-refractivity contribution in [1.82, 2.24) is 4.31 Å². The van der Waals surface area contributed by atoms with Crippen LogP contribution in [0.5, 0.6) is 11.5 Å². The molecule has 0 aliphatic carbocycles. The Bertz CT molecular complexity index is 875. The number of anilines is 1. The van der Waals surface area contributed by atoms with Crippen LogP contribution in [-0.4, -0.2) is 53.1 Å². The molecule has 1 aliphatic heterocycles. The molecule has 140 valence electrons. The number of nitrogens with zero attached hydrogens (tertiary/aromatic N) is 2. The largest absolute Gasteiger partial charge is 0.497 e. The maximum absolute atomic E-state index is 12.9. The van der Waals surface area contributed by atoms with Crippen LogP contribution in [0.2, 0.25) is 0 Å². The third kappa shape index (κ3) is 3.64. The maximum atomic E-state index is 12.9. The summed E-state index contributed by atoms with van der Waals surface area (Å²) in [6.45, 7) is 3.98. The number of sulfonamides is 1. The van der Waals surface area contributed by atoms with Gasteiger partial charge in [-0.1, -0.05) is 12.1 Å². The van der Waals surface area contributed by atoms with E-state index in [1.807, 2.05) is 31.2 Å². The minimum absolute atomic E-state index is 0.355. The Morgan fingerprint density at radius 3 is 2.27 bits per heavy atom. The highest BCUT2D eigenvalue weighted by molar-refractivity contribution is 7.89. The summed E-state index contributed by atoms with van der Waals surface area (Å²) in [5.41, 5.74) is 1.88. The molecule has 2 aromatic rings. The normalized spacial score (nSPS) is 15.7. The monoisotopic (exact) mass is 376 g/mol. The fourth-order valence-electron chi connectivity index (χ4n) is 3.14. The van der Waals surface area contributed by atoms with Gasteiger partial charge in [0.1, 0.15) is 11.5 Å². The van der Waals surface area contributed by atoms with Gasteiger partial charge < -0.3 is 14.4 Å². The van der Waals surface area contributed by atoms with Crippen molar-refractivity contribution in [2.45, 2.75) is 11.8 Å². The summed E-state index contributed by atoms with van der Waals surface area (Å²) in [6, 6.07) is 12.7. The molecule has 3 rings (SSSR count). The molecule has 0 aromatic heterocycles. The fourth-order valence-corrected chi connectivity index (χ4v) is 4.67. The van der Waals surface area contributed by atoms with Gasteiger partial charge in [0.25, 0.3) is 0 Å². The van der Waals surface area contributed by atoms with Crippen molar-refractivity contribution < 1.29 is 17.9 Å². The second-order valence-electron chi connectivity index (χ2n) is 6.25. The van der Waals surface area contributed by atoms with Gasteiger partial charge in [0, 0.05) is 32.2 Å². The summed E-state index contributed by atoms with van der Waals surface area (Å²) in [7, 11) is -0.225. The van der Waals surface area contributed by atoms with Crippen molar-refractivity contribution in [2.24, 2.45) is 0 Å². The van der Waals surface area contributed by atoms with E-state index in [9.17, 15) is 8.42 Å². The van der Waals surface area contributed by atoms with Crippen LogP contribution < -0.4 is 14.4 Å². The number of rotatable bonds is 5. The van der Waals surface area contributed by atoms with E-state index in [1.165, 1.54) is 0 Å². The summed E-state index contributed by atoms with van der Waals surface area (Å²) in [5, 5.41) is 0. The minimum Gasteiger partial charge on any atom is -0.497 e. The Labute approximate surface area is 155 Å². The van der Waals surface area contributed by atoms with Gasteiger partial charge in [0.05, 0.1) is 24.8 Å². The van der Waals surface area contributed by atoms with Crippen LogP contribution in [0, 0.1) is 6.92 Å². The first-order valence-corrected chi connectivity index (χ1v) is 9.93. The number of benzene rings is 2. The van der Waals surface area contributed by atoms with Crippen molar-refractivity contribution in [3.8, 4) is 11.5 Å². The third-order valence-electron chi connectivity index (χ3n) is 4.59. The van der Waals surface area contributed by atoms with E-state index in [-0.39, 0.29) is 0 Å². The van der Waals surface area contributed by atoms with Crippen molar-refractivity contribution in [2.75, 3.05) is 45.3 Å². The van der Waals surface area contributed by atoms with Crippen LogP contribution in [0.3, 0.4) is 0 Å². The first-order chi connectivity index (χ1) is 12.5. The molecule has 1 aliphatic rings. The number of hydrogen-bond acceptors (Lipinski definition) is 5. The molecule has 0 bridgehead atoms. The van der Waals surface area contributed by atoms with E-state index in [2.05, 4.69) is 4.90 Å². The quantitative estimate of drug-likeness (QED) is 0.803. The molecule has 0 saturated carbocycles. The van der Waals surface area contributed by atoms with Gasteiger partial charge in [-0.2, -0.15) is 4.31 Å². The maximum Gasteiger partial charge on any atom is 0.243 e. The van der Waals surface area contributed by atoms with E-state index >= 15 is 0 Å². The standard InChI is InChI=1S/C19H24N2O4S/c1-15-5-4-6-17(13-15)26(22,23)21-11-9-20(10-12-21)18-8-7-16(24-2)14-19(18)25-3/h4-8,13-14H,9-12H2,1-3H3. The Kier molecular flexibility index (Phi) is 5.38. The zero-order valence-electron chi connectivity index (χ0n) is 15.3. The van der Waals surface area contributed by atoms with E-state index in [1.54, 1.807) is 36.7 Å². The highest BCUT2D eigenvalue weighted by Gasteiger charge is 2.29. The van der Waals surface area contributed by atoms with Gasteiger partial charge in [0.2, 0.25) is 10.0 Å². The average Bonchev–Trinajstić information content (AvgIpc) is 2.67. The third-order valence-corrected chi connectivity index (χ3v) is 6.49. The lowest BCUT2D eigenvalue weighted by Crippen LogP contribution is -2.48. The summed E-state index contributed by atoms with van der Waals surface area (Å²) < 4.78 is 38.0. The van der Waals surface area contributed by atoms with Gasteiger partial charge in [-0.25, -0.2) is 8.42 Å². The van der Waals surface area contributed by atoms with Crippen molar-refractivity contribution in [3.63, 3.8) is 0 Å². The number of piperazine rings is 1. The van der Waals surface area contributed by atoms with Crippen LogP contribution in [-0.2, 0) is 10.0 Å². The van der Waals surface area contributed by atoms with E-state index in [4.69, 9.17) is 9.47 Å². The van der Waals surface area contributed by atoms with Gasteiger partial charge in [0.15, 0.2) is 0 Å². The molecular weight excluding hydrogens is 352 g/mol. The molecule has 1 saturated heterocycles. The minimum atomic E-state index is -3.46. The molecular formula is C19H24N2O4S. The first kappa shape index (κ1) is 18.5. The number of aryl methyl sites for hydroxylation is 1. The van der Waals surface area contributed by atoms with Gasteiger partial charge in [-0.15, -0.1) is 0 Å². The summed E-state index contributed by atoms with van der Waals surface area (Å²) in [5.74, 6) is 1.45. The lowest BCUT2D eigenvalue weighted by molar-refractivity contribution is 0.375. The molecule has 0 spiro atoms. The second-order valence-corrected chi connectivity index (χ2v) is 8.18. The van der Waals surface area contributed by atoms with Crippen LogP contribution >= 0.6 is 0 Å². The zero-order valence-corrected chi connectivity index (χ0v) is 16.1. The molecule has 7 heteroatoms.